The van der Waals surface area contributed by atoms with Crippen LogP contribution in [0.3, 0.4) is 0 Å². The summed E-state index contributed by atoms with van der Waals surface area (Å²) in [5, 5.41) is 5.93. The van der Waals surface area contributed by atoms with Crippen molar-refractivity contribution < 1.29 is 9.59 Å². The molecule has 3 rings (SSSR count). The van der Waals surface area contributed by atoms with Crippen LogP contribution in [0.1, 0.15) is 51.0 Å². The number of carbonyl (C=O) groups excluding carboxylic acids is 2. The Balaban J connectivity index is 0.00000208. The van der Waals surface area contributed by atoms with Crippen molar-refractivity contribution in [3.8, 4) is 0 Å². The summed E-state index contributed by atoms with van der Waals surface area (Å²) in [7, 11) is 0. The van der Waals surface area contributed by atoms with E-state index in [9.17, 15) is 9.59 Å². The lowest BCUT2D eigenvalue weighted by molar-refractivity contribution is -0.122. The van der Waals surface area contributed by atoms with Crippen molar-refractivity contribution in [3.05, 3.63) is 23.8 Å². The summed E-state index contributed by atoms with van der Waals surface area (Å²) in [5.41, 5.74) is 8.60. The average Bonchev–Trinajstić information content (AvgIpc) is 2.67. The number of anilines is 2. The van der Waals surface area contributed by atoms with Crippen molar-refractivity contribution >= 4 is 35.6 Å². The average molecular weight is 352 g/mol. The lowest BCUT2D eigenvalue weighted by Gasteiger charge is -2.37. The highest BCUT2D eigenvalue weighted by molar-refractivity contribution is 5.95. The van der Waals surface area contributed by atoms with Gasteiger partial charge in [0.2, 0.25) is 11.8 Å². The lowest BCUT2D eigenvalue weighted by Crippen LogP contribution is -2.51. The van der Waals surface area contributed by atoms with E-state index in [1.54, 1.807) is 0 Å². The van der Waals surface area contributed by atoms with E-state index in [0.717, 1.165) is 55.5 Å². The van der Waals surface area contributed by atoms with Crippen molar-refractivity contribution in [2.24, 2.45) is 11.7 Å². The molecule has 2 aliphatic rings. The van der Waals surface area contributed by atoms with Crippen molar-refractivity contribution in [3.63, 3.8) is 0 Å². The van der Waals surface area contributed by atoms with Gasteiger partial charge in [0.05, 0.1) is 5.92 Å². The molecule has 1 aromatic carbocycles. The molecular formula is C18H26ClN3O2. The number of nitrogens with one attached hydrogen (secondary N) is 2. The zero-order valence-electron chi connectivity index (χ0n) is 14.1. The first-order valence-corrected chi connectivity index (χ1v) is 8.48. The summed E-state index contributed by atoms with van der Waals surface area (Å²) in [6, 6.07) is 5.69. The van der Waals surface area contributed by atoms with Gasteiger partial charge in [0.15, 0.2) is 0 Å². The van der Waals surface area contributed by atoms with Gasteiger partial charge in [0.25, 0.3) is 0 Å². The summed E-state index contributed by atoms with van der Waals surface area (Å²) in [6.07, 6.45) is 6.11. The van der Waals surface area contributed by atoms with E-state index < -0.39 is 5.54 Å². The number of amides is 2. The van der Waals surface area contributed by atoms with Crippen LogP contribution in [-0.4, -0.2) is 17.4 Å². The zero-order chi connectivity index (χ0) is 16.4. The molecule has 1 saturated carbocycles. The highest BCUT2D eigenvalue weighted by Gasteiger charge is 2.37. The minimum atomic E-state index is -0.429. The predicted octanol–water partition coefficient (Wildman–Crippen LogP) is 3.23. The Bertz CT molecular complexity index is 631. The molecule has 1 fully saturated rings. The summed E-state index contributed by atoms with van der Waals surface area (Å²) in [6.45, 7) is 1.98. The molecule has 5 nitrogen and oxygen atoms in total. The van der Waals surface area contributed by atoms with Gasteiger partial charge in [-0.2, -0.15) is 0 Å². The SMILES string of the molecule is CC1(N)CCCCC1C(=O)Nc1ccc2c(c1)CCCC(=O)N2.Cl. The summed E-state index contributed by atoms with van der Waals surface area (Å²) in [5.74, 6) is -0.0799. The Morgan fingerprint density at radius 2 is 2.08 bits per heavy atom. The Morgan fingerprint density at radius 3 is 2.83 bits per heavy atom. The monoisotopic (exact) mass is 351 g/mol. The van der Waals surface area contributed by atoms with Crippen molar-refractivity contribution in [1.82, 2.24) is 0 Å². The number of aryl methyl sites for hydroxylation is 1. The van der Waals surface area contributed by atoms with Gasteiger partial charge in [-0.1, -0.05) is 12.8 Å². The third kappa shape index (κ3) is 4.08. The molecule has 132 valence electrons. The maximum atomic E-state index is 12.6. The van der Waals surface area contributed by atoms with Crippen molar-refractivity contribution in [2.45, 2.75) is 57.4 Å². The number of nitrogens with two attached hydrogens (primary N) is 1. The van der Waals surface area contributed by atoms with Crippen LogP contribution in [0, 0.1) is 5.92 Å². The van der Waals surface area contributed by atoms with E-state index in [1.165, 1.54) is 0 Å². The first kappa shape index (κ1) is 18.7. The van der Waals surface area contributed by atoms with Crippen LogP contribution in [0.2, 0.25) is 0 Å². The first-order chi connectivity index (χ1) is 11.0. The predicted molar refractivity (Wildman–Crippen MR) is 98.4 cm³/mol. The molecule has 0 spiro atoms. The summed E-state index contributed by atoms with van der Waals surface area (Å²) >= 11 is 0. The highest BCUT2D eigenvalue weighted by atomic mass is 35.5. The third-order valence-electron chi connectivity index (χ3n) is 5.07. The normalized spacial score (nSPS) is 26.4. The molecule has 1 aliphatic carbocycles. The van der Waals surface area contributed by atoms with Gasteiger partial charge in [-0.25, -0.2) is 0 Å². The standard InChI is InChI=1S/C18H25N3O2.ClH/c1-18(19)10-3-2-6-14(18)17(23)20-13-8-9-15-12(11-13)5-4-7-16(22)21-15;/h8-9,11,14H,2-7,10,19H2,1H3,(H,20,23)(H,21,22);1H. The number of rotatable bonds is 2. The molecule has 0 saturated heterocycles. The quantitative estimate of drug-likeness (QED) is 0.764. The number of carbonyl (C=O) groups is 2. The minimum absolute atomic E-state index is 0. The largest absolute Gasteiger partial charge is 0.326 e. The van der Waals surface area contributed by atoms with Crippen LogP contribution in [-0.2, 0) is 16.0 Å². The third-order valence-corrected chi connectivity index (χ3v) is 5.07. The number of halogens is 1. The van der Waals surface area contributed by atoms with Gasteiger partial charge in [-0.3, -0.25) is 9.59 Å². The molecule has 1 aromatic rings. The Morgan fingerprint density at radius 1 is 1.29 bits per heavy atom. The van der Waals surface area contributed by atoms with Crippen LogP contribution in [0.5, 0.6) is 0 Å². The van der Waals surface area contributed by atoms with Crippen LogP contribution in [0.25, 0.3) is 0 Å². The maximum Gasteiger partial charge on any atom is 0.229 e. The van der Waals surface area contributed by atoms with Gasteiger partial charge in [0.1, 0.15) is 0 Å². The van der Waals surface area contributed by atoms with Gasteiger partial charge < -0.3 is 16.4 Å². The molecule has 2 unspecified atom stereocenters. The molecule has 0 bridgehead atoms. The molecule has 2 amide bonds. The van der Waals surface area contributed by atoms with Crippen LogP contribution >= 0.6 is 12.4 Å². The Labute approximate surface area is 149 Å². The Hall–Kier alpha value is -1.59. The van der Waals surface area contributed by atoms with E-state index in [2.05, 4.69) is 10.6 Å². The molecule has 1 heterocycles. The van der Waals surface area contributed by atoms with Crippen LogP contribution < -0.4 is 16.4 Å². The maximum absolute atomic E-state index is 12.6. The number of hydrogen-bond donors (Lipinski definition) is 3. The van der Waals surface area contributed by atoms with E-state index in [1.807, 2.05) is 25.1 Å². The second-order valence-corrected chi connectivity index (χ2v) is 7.07. The second kappa shape index (κ2) is 7.53. The molecule has 1 aliphatic heterocycles. The van der Waals surface area contributed by atoms with Crippen LogP contribution in [0.15, 0.2) is 18.2 Å². The number of fused-ring (bicyclic) bond motifs is 1. The van der Waals surface area contributed by atoms with E-state index in [-0.39, 0.29) is 30.1 Å². The molecule has 0 radical (unpaired) electrons. The van der Waals surface area contributed by atoms with E-state index in [0.29, 0.717) is 6.42 Å². The fourth-order valence-electron chi connectivity index (χ4n) is 3.67. The molecule has 6 heteroatoms. The smallest absolute Gasteiger partial charge is 0.229 e. The number of benzene rings is 1. The molecule has 4 N–H and O–H groups in total. The van der Waals surface area contributed by atoms with Crippen molar-refractivity contribution in [1.29, 1.82) is 0 Å². The number of hydrogen-bond acceptors (Lipinski definition) is 3. The van der Waals surface area contributed by atoms with E-state index >= 15 is 0 Å². The lowest BCUT2D eigenvalue weighted by atomic mass is 9.74. The van der Waals surface area contributed by atoms with Crippen LogP contribution in [0.4, 0.5) is 11.4 Å². The summed E-state index contributed by atoms with van der Waals surface area (Å²) in [4.78, 5) is 24.2. The zero-order valence-corrected chi connectivity index (χ0v) is 14.9. The fourth-order valence-corrected chi connectivity index (χ4v) is 3.67. The first-order valence-electron chi connectivity index (χ1n) is 8.48. The topological polar surface area (TPSA) is 84.2 Å². The molecular weight excluding hydrogens is 326 g/mol. The van der Waals surface area contributed by atoms with Gasteiger partial charge in [-0.05, 0) is 56.4 Å². The molecule has 24 heavy (non-hydrogen) atoms. The van der Waals surface area contributed by atoms with Gasteiger partial charge >= 0.3 is 0 Å². The van der Waals surface area contributed by atoms with Crippen molar-refractivity contribution in [2.75, 3.05) is 10.6 Å². The summed E-state index contributed by atoms with van der Waals surface area (Å²) < 4.78 is 0. The van der Waals surface area contributed by atoms with Gasteiger partial charge in [-0.15, -0.1) is 12.4 Å². The molecule has 2 atom stereocenters. The van der Waals surface area contributed by atoms with Gasteiger partial charge in [0, 0.05) is 23.3 Å². The fraction of sp³-hybridized carbons (Fsp3) is 0.556. The highest BCUT2D eigenvalue weighted by Crippen LogP contribution is 2.33. The second-order valence-electron chi connectivity index (χ2n) is 7.07. The molecule has 0 aromatic heterocycles. The Kier molecular flexibility index (Phi) is 5.88. The minimum Gasteiger partial charge on any atom is -0.326 e. The van der Waals surface area contributed by atoms with E-state index in [4.69, 9.17) is 5.73 Å².